The third-order valence-corrected chi connectivity index (χ3v) is 3.73. The first-order valence-electron chi connectivity index (χ1n) is 6.55. The monoisotopic (exact) mass is 241 g/mol. The molecule has 94 valence electrons. The number of rotatable bonds is 1. The van der Waals surface area contributed by atoms with E-state index in [0.717, 1.165) is 18.7 Å². The summed E-state index contributed by atoms with van der Waals surface area (Å²) in [6.07, 6.45) is 1.03. The predicted octanol–water partition coefficient (Wildman–Crippen LogP) is 2.69. The Hall–Kier alpha value is -1.61. The van der Waals surface area contributed by atoms with Gasteiger partial charge in [-0.1, -0.05) is 37.3 Å². The molecular weight excluding hydrogens is 222 g/mol. The molecule has 0 radical (unpaired) electrons. The SMILES string of the molecule is Cc1nc2n(c1-c1ccccc1)CC(N)CC2C. The number of aryl methyl sites for hydroxylation is 1. The minimum Gasteiger partial charge on any atom is -0.326 e. The van der Waals surface area contributed by atoms with Crippen molar-refractivity contribution in [3.63, 3.8) is 0 Å². The van der Waals surface area contributed by atoms with Gasteiger partial charge in [-0.25, -0.2) is 4.98 Å². The quantitative estimate of drug-likeness (QED) is 0.834. The molecule has 0 amide bonds. The zero-order chi connectivity index (χ0) is 12.7. The molecule has 2 heterocycles. The second kappa shape index (κ2) is 4.25. The van der Waals surface area contributed by atoms with Crippen LogP contribution in [-0.4, -0.2) is 15.6 Å². The Morgan fingerprint density at radius 3 is 2.72 bits per heavy atom. The van der Waals surface area contributed by atoms with Gasteiger partial charge in [-0.3, -0.25) is 0 Å². The average Bonchev–Trinajstić information content (AvgIpc) is 2.67. The molecule has 2 unspecified atom stereocenters. The molecule has 1 aromatic heterocycles. The van der Waals surface area contributed by atoms with E-state index in [2.05, 4.69) is 42.7 Å². The molecule has 0 aliphatic carbocycles. The predicted molar refractivity (Wildman–Crippen MR) is 73.4 cm³/mol. The standard InChI is InChI=1S/C15H19N3/c1-10-8-13(16)9-18-14(11(2)17-15(10)18)12-6-4-3-5-7-12/h3-7,10,13H,8-9,16H2,1-2H3. The summed E-state index contributed by atoms with van der Waals surface area (Å²) in [5.41, 5.74) is 9.72. The Morgan fingerprint density at radius 2 is 2.00 bits per heavy atom. The molecule has 2 aromatic rings. The molecule has 0 bridgehead atoms. The molecule has 1 aliphatic rings. The smallest absolute Gasteiger partial charge is 0.112 e. The Kier molecular flexibility index (Phi) is 2.71. The molecule has 0 saturated heterocycles. The van der Waals surface area contributed by atoms with Gasteiger partial charge in [0.25, 0.3) is 0 Å². The van der Waals surface area contributed by atoms with Crippen molar-refractivity contribution in [2.24, 2.45) is 5.73 Å². The van der Waals surface area contributed by atoms with Crippen LogP contribution in [0.4, 0.5) is 0 Å². The number of hydrogen-bond donors (Lipinski definition) is 1. The lowest BCUT2D eigenvalue weighted by molar-refractivity contribution is 0.409. The van der Waals surface area contributed by atoms with Crippen LogP contribution in [0.2, 0.25) is 0 Å². The fourth-order valence-electron chi connectivity index (χ4n) is 2.99. The van der Waals surface area contributed by atoms with Crippen LogP contribution in [0, 0.1) is 6.92 Å². The van der Waals surface area contributed by atoms with Gasteiger partial charge in [0.05, 0.1) is 11.4 Å². The highest BCUT2D eigenvalue weighted by atomic mass is 15.1. The Balaban J connectivity index is 2.17. The van der Waals surface area contributed by atoms with Gasteiger partial charge in [-0.2, -0.15) is 0 Å². The summed E-state index contributed by atoms with van der Waals surface area (Å²) in [6, 6.07) is 10.7. The van der Waals surface area contributed by atoms with Crippen LogP contribution in [-0.2, 0) is 6.54 Å². The summed E-state index contributed by atoms with van der Waals surface area (Å²) in [7, 11) is 0. The van der Waals surface area contributed by atoms with Gasteiger partial charge in [0, 0.05) is 24.1 Å². The van der Waals surface area contributed by atoms with Gasteiger partial charge >= 0.3 is 0 Å². The van der Waals surface area contributed by atoms with E-state index in [4.69, 9.17) is 10.7 Å². The molecule has 2 N–H and O–H groups in total. The van der Waals surface area contributed by atoms with Gasteiger partial charge in [0.1, 0.15) is 5.82 Å². The molecular formula is C15H19N3. The highest BCUT2D eigenvalue weighted by Crippen LogP contribution is 2.33. The van der Waals surface area contributed by atoms with Crippen molar-refractivity contribution < 1.29 is 0 Å². The first-order chi connectivity index (χ1) is 8.66. The van der Waals surface area contributed by atoms with Gasteiger partial charge in [-0.05, 0) is 13.3 Å². The normalized spacial score (nSPS) is 22.8. The minimum absolute atomic E-state index is 0.239. The minimum atomic E-state index is 0.239. The van der Waals surface area contributed by atoms with Crippen LogP contribution in [0.5, 0.6) is 0 Å². The van der Waals surface area contributed by atoms with E-state index in [9.17, 15) is 0 Å². The second-order valence-corrected chi connectivity index (χ2v) is 5.28. The first kappa shape index (κ1) is 11.5. The van der Waals surface area contributed by atoms with E-state index < -0.39 is 0 Å². The molecule has 3 heteroatoms. The second-order valence-electron chi connectivity index (χ2n) is 5.28. The van der Waals surface area contributed by atoms with E-state index in [0.29, 0.717) is 5.92 Å². The van der Waals surface area contributed by atoms with Gasteiger partial charge in [0.15, 0.2) is 0 Å². The Morgan fingerprint density at radius 1 is 1.28 bits per heavy atom. The summed E-state index contributed by atoms with van der Waals surface area (Å²) in [5, 5.41) is 0. The van der Waals surface area contributed by atoms with E-state index in [1.165, 1.54) is 17.1 Å². The molecule has 3 nitrogen and oxygen atoms in total. The molecule has 0 fully saturated rings. The van der Waals surface area contributed by atoms with Gasteiger partial charge in [-0.15, -0.1) is 0 Å². The summed E-state index contributed by atoms with van der Waals surface area (Å²) >= 11 is 0. The maximum Gasteiger partial charge on any atom is 0.112 e. The van der Waals surface area contributed by atoms with Crippen molar-refractivity contribution in [2.75, 3.05) is 0 Å². The van der Waals surface area contributed by atoms with Crippen molar-refractivity contribution in [3.05, 3.63) is 41.9 Å². The zero-order valence-corrected chi connectivity index (χ0v) is 10.9. The fraction of sp³-hybridized carbons (Fsp3) is 0.400. The van der Waals surface area contributed by atoms with Crippen molar-refractivity contribution >= 4 is 0 Å². The molecule has 18 heavy (non-hydrogen) atoms. The number of imidazole rings is 1. The maximum atomic E-state index is 6.15. The van der Waals surface area contributed by atoms with Gasteiger partial charge < -0.3 is 10.3 Å². The largest absolute Gasteiger partial charge is 0.326 e. The third kappa shape index (κ3) is 1.75. The van der Waals surface area contributed by atoms with Crippen LogP contribution in [0.25, 0.3) is 11.3 Å². The highest BCUT2D eigenvalue weighted by Gasteiger charge is 2.27. The summed E-state index contributed by atoms with van der Waals surface area (Å²) in [4.78, 5) is 4.75. The molecule has 3 rings (SSSR count). The Labute approximate surface area is 108 Å². The molecule has 0 spiro atoms. The van der Waals surface area contributed by atoms with Crippen LogP contribution in [0.1, 0.15) is 30.8 Å². The topological polar surface area (TPSA) is 43.8 Å². The lowest BCUT2D eigenvalue weighted by Gasteiger charge is -2.27. The van der Waals surface area contributed by atoms with Crippen molar-refractivity contribution in [2.45, 2.75) is 38.8 Å². The maximum absolute atomic E-state index is 6.15. The zero-order valence-electron chi connectivity index (χ0n) is 10.9. The summed E-state index contributed by atoms with van der Waals surface area (Å²) < 4.78 is 2.31. The van der Waals surface area contributed by atoms with Crippen LogP contribution < -0.4 is 5.73 Å². The molecule has 1 aromatic carbocycles. The number of benzene rings is 1. The number of hydrogen-bond acceptors (Lipinski definition) is 2. The average molecular weight is 241 g/mol. The molecule has 1 aliphatic heterocycles. The van der Waals surface area contributed by atoms with Crippen molar-refractivity contribution in [3.8, 4) is 11.3 Å². The van der Waals surface area contributed by atoms with E-state index in [1.54, 1.807) is 0 Å². The first-order valence-corrected chi connectivity index (χ1v) is 6.55. The van der Waals surface area contributed by atoms with Crippen molar-refractivity contribution in [1.82, 2.24) is 9.55 Å². The number of nitrogens with zero attached hydrogens (tertiary/aromatic N) is 2. The fourth-order valence-corrected chi connectivity index (χ4v) is 2.99. The number of aromatic nitrogens is 2. The van der Waals surface area contributed by atoms with Gasteiger partial charge in [0.2, 0.25) is 0 Å². The lowest BCUT2D eigenvalue weighted by atomic mass is 9.97. The Bertz CT molecular complexity index is 557. The summed E-state index contributed by atoms with van der Waals surface area (Å²) in [6.45, 7) is 5.18. The van der Waals surface area contributed by atoms with Crippen LogP contribution in [0.15, 0.2) is 30.3 Å². The summed E-state index contributed by atoms with van der Waals surface area (Å²) in [5.74, 6) is 1.64. The van der Waals surface area contributed by atoms with E-state index in [1.807, 2.05) is 6.07 Å². The van der Waals surface area contributed by atoms with E-state index in [-0.39, 0.29) is 6.04 Å². The van der Waals surface area contributed by atoms with E-state index >= 15 is 0 Å². The van der Waals surface area contributed by atoms with Crippen molar-refractivity contribution in [1.29, 1.82) is 0 Å². The lowest BCUT2D eigenvalue weighted by Crippen LogP contribution is -2.33. The molecule has 0 saturated carbocycles. The number of fused-ring (bicyclic) bond motifs is 1. The van der Waals surface area contributed by atoms with Crippen LogP contribution in [0.3, 0.4) is 0 Å². The highest BCUT2D eigenvalue weighted by molar-refractivity contribution is 5.63. The molecule has 2 atom stereocenters. The third-order valence-electron chi connectivity index (χ3n) is 3.73. The van der Waals surface area contributed by atoms with Crippen LogP contribution >= 0.6 is 0 Å². The number of nitrogens with two attached hydrogens (primary N) is 1.